The molecule has 2 rings (SSSR count). The van der Waals surface area contributed by atoms with E-state index in [0.717, 1.165) is 6.42 Å². The number of alkyl halides is 1. The fourth-order valence-corrected chi connectivity index (χ4v) is 3.57. The molecule has 0 radical (unpaired) electrons. The Kier molecular flexibility index (Phi) is 4.05. The van der Waals surface area contributed by atoms with Gasteiger partial charge in [-0.05, 0) is 50.5 Å². The third kappa shape index (κ3) is 3.20. The second-order valence-electron chi connectivity index (χ2n) is 4.55. The Bertz CT molecular complexity index is 513. The first-order valence-electron chi connectivity index (χ1n) is 5.83. The maximum Gasteiger partial charge on any atom is 0.0529 e. The van der Waals surface area contributed by atoms with E-state index < -0.39 is 0 Å². The highest BCUT2D eigenvalue weighted by molar-refractivity contribution is 9.09. The number of hydrogen-bond acceptors (Lipinski definition) is 1. The topological polar surface area (TPSA) is 0 Å². The summed E-state index contributed by atoms with van der Waals surface area (Å²) < 4.78 is 0. The molecule has 0 saturated heterocycles. The van der Waals surface area contributed by atoms with Crippen molar-refractivity contribution in [1.29, 1.82) is 0 Å². The van der Waals surface area contributed by atoms with E-state index in [1.807, 2.05) is 11.3 Å². The zero-order valence-corrected chi connectivity index (χ0v) is 12.9. The monoisotopic (exact) mass is 308 g/mol. The lowest BCUT2D eigenvalue weighted by atomic mass is 10.0. The van der Waals surface area contributed by atoms with Crippen LogP contribution in [0.1, 0.15) is 31.3 Å². The molecule has 2 aromatic rings. The van der Waals surface area contributed by atoms with Gasteiger partial charge in [-0.1, -0.05) is 39.7 Å². The van der Waals surface area contributed by atoms with E-state index in [2.05, 4.69) is 67.0 Å². The summed E-state index contributed by atoms with van der Waals surface area (Å²) >= 11 is 5.68. The Morgan fingerprint density at radius 3 is 2.53 bits per heavy atom. The van der Waals surface area contributed by atoms with Gasteiger partial charge in [0, 0.05) is 9.75 Å². The minimum absolute atomic E-state index is 0.432. The van der Waals surface area contributed by atoms with Gasteiger partial charge < -0.3 is 0 Å². The van der Waals surface area contributed by atoms with Crippen molar-refractivity contribution < 1.29 is 0 Å². The largest absolute Gasteiger partial charge is 0.145 e. The van der Waals surface area contributed by atoms with Crippen molar-refractivity contribution in [3.63, 3.8) is 0 Å². The van der Waals surface area contributed by atoms with Crippen molar-refractivity contribution >= 4 is 27.3 Å². The van der Waals surface area contributed by atoms with Crippen LogP contribution < -0.4 is 0 Å². The number of thiophene rings is 1. The summed E-state index contributed by atoms with van der Waals surface area (Å²) in [5, 5.41) is 0. The Balaban J connectivity index is 2.18. The second-order valence-corrected chi connectivity index (χ2v) is 6.97. The Morgan fingerprint density at radius 2 is 1.88 bits per heavy atom. The summed E-state index contributed by atoms with van der Waals surface area (Å²) in [6.07, 6.45) is 1.06. The van der Waals surface area contributed by atoms with Gasteiger partial charge in [-0.25, -0.2) is 0 Å². The molecule has 90 valence electrons. The zero-order valence-electron chi connectivity index (χ0n) is 10.5. The van der Waals surface area contributed by atoms with Crippen LogP contribution in [0.25, 0.3) is 0 Å². The zero-order chi connectivity index (χ0) is 12.4. The van der Waals surface area contributed by atoms with E-state index in [9.17, 15) is 0 Å². The number of hydrogen-bond donors (Lipinski definition) is 0. The maximum atomic E-state index is 3.81. The van der Waals surface area contributed by atoms with Crippen LogP contribution in [-0.2, 0) is 6.42 Å². The predicted octanol–water partition coefficient (Wildman–Crippen LogP) is 5.35. The first-order valence-corrected chi connectivity index (χ1v) is 7.56. The molecule has 1 heterocycles. The molecule has 1 atom stereocenters. The number of halogens is 1. The molecule has 0 spiro atoms. The summed E-state index contributed by atoms with van der Waals surface area (Å²) in [5.74, 6) is 0. The van der Waals surface area contributed by atoms with Crippen LogP contribution in [0, 0.1) is 20.8 Å². The number of benzene rings is 1. The summed E-state index contributed by atoms with van der Waals surface area (Å²) in [4.78, 5) is 3.23. The van der Waals surface area contributed by atoms with Crippen LogP contribution in [0.3, 0.4) is 0 Å². The van der Waals surface area contributed by atoms with Gasteiger partial charge in [0.2, 0.25) is 0 Å². The van der Waals surface area contributed by atoms with Crippen LogP contribution in [0.15, 0.2) is 30.3 Å². The third-order valence-corrected chi connectivity index (χ3v) is 5.21. The average molecular weight is 309 g/mol. The highest BCUT2D eigenvalue weighted by atomic mass is 79.9. The molecule has 0 fully saturated rings. The normalized spacial score (nSPS) is 12.7. The standard InChI is InChI=1S/C15H17BrS/c1-10-4-5-11(2)13(8-10)9-14(16)15-7-6-12(3)17-15/h4-8,14H,9H2,1-3H3. The van der Waals surface area contributed by atoms with Gasteiger partial charge in [0.05, 0.1) is 4.83 Å². The number of rotatable bonds is 3. The van der Waals surface area contributed by atoms with E-state index in [0.29, 0.717) is 4.83 Å². The van der Waals surface area contributed by atoms with Gasteiger partial charge in [0.15, 0.2) is 0 Å². The fourth-order valence-electron chi connectivity index (χ4n) is 1.94. The van der Waals surface area contributed by atoms with Gasteiger partial charge in [0.1, 0.15) is 0 Å². The molecule has 0 bridgehead atoms. The molecule has 0 saturated carbocycles. The lowest BCUT2D eigenvalue weighted by molar-refractivity contribution is 0.955. The van der Waals surface area contributed by atoms with Gasteiger partial charge in [-0.15, -0.1) is 11.3 Å². The minimum Gasteiger partial charge on any atom is -0.145 e. The molecule has 17 heavy (non-hydrogen) atoms. The summed E-state index contributed by atoms with van der Waals surface area (Å²) in [7, 11) is 0. The summed E-state index contributed by atoms with van der Waals surface area (Å²) in [5.41, 5.74) is 4.17. The van der Waals surface area contributed by atoms with Crippen molar-refractivity contribution in [3.05, 3.63) is 56.8 Å². The molecule has 1 unspecified atom stereocenters. The molecule has 1 aromatic heterocycles. The van der Waals surface area contributed by atoms with Crippen molar-refractivity contribution in [1.82, 2.24) is 0 Å². The quantitative estimate of drug-likeness (QED) is 0.670. The van der Waals surface area contributed by atoms with E-state index in [4.69, 9.17) is 0 Å². The smallest absolute Gasteiger partial charge is 0.0529 e. The van der Waals surface area contributed by atoms with Crippen molar-refractivity contribution in [3.8, 4) is 0 Å². The molecular formula is C15H17BrS. The van der Waals surface area contributed by atoms with Crippen molar-refractivity contribution in [2.24, 2.45) is 0 Å². The lowest BCUT2D eigenvalue weighted by Crippen LogP contribution is -1.96. The van der Waals surface area contributed by atoms with Crippen LogP contribution in [0.4, 0.5) is 0 Å². The second kappa shape index (κ2) is 5.36. The molecule has 1 aromatic carbocycles. The molecular weight excluding hydrogens is 292 g/mol. The molecule has 2 heteroatoms. The Labute approximate surface area is 116 Å². The van der Waals surface area contributed by atoms with Crippen molar-refractivity contribution in [2.75, 3.05) is 0 Å². The maximum absolute atomic E-state index is 3.81. The van der Waals surface area contributed by atoms with Crippen LogP contribution in [-0.4, -0.2) is 0 Å². The van der Waals surface area contributed by atoms with E-state index >= 15 is 0 Å². The van der Waals surface area contributed by atoms with E-state index in [-0.39, 0.29) is 0 Å². The van der Waals surface area contributed by atoms with Crippen LogP contribution >= 0.6 is 27.3 Å². The Hall–Kier alpha value is -0.600. The minimum atomic E-state index is 0.432. The average Bonchev–Trinajstić information content (AvgIpc) is 2.70. The predicted molar refractivity (Wildman–Crippen MR) is 80.3 cm³/mol. The first-order chi connectivity index (χ1) is 8.06. The van der Waals surface area contributed by atoms with Gasteiger partial charge in [0.25, 0.3) is 0 Å². The molecule has 0 aliphatic carbocycles. The van der Waals surface area contributed by atoms with E-state index in [1.54, 1.807) is 0 Å². The first kappa shape index (κ1) is 12.8. The number of aryl methyl sites for hydroxylation is 3. The van der Waals surface area contributed by atoms with Gasteiger partial charge in [-0.2, -0.15) is 0 Å². The lowest BCUT2D eigenvalue weighted by Gasteiger charge is -2.11. The molecule has 0 aliphatic heterocycles. The van der Waals surface area contributed by atoms with Crippen molar-refractivity contribution in [2.45, 2.75) is 32.0 Å². The molecule has 0 amide bonds. The van der Waals surface area contributed by atoms with E-state index in [1.165, 1.54) is 26.4 Å². The van der Waals surface area contributed by atoms with Gasteiger partial charge >= 0.3 is 0 Å². The fraction of sp³-hybridized carbons (Fsp3) is 0.333. The molecule has 0 aliphatic rings. The van der Waals surface area contributed by atoms with Crippen LogP contribution in [0.5, 0.6) is 0 Å². The highest BCUT2D eigenvalue weighted by Gasteiger charge is 2.11. The molecule has 0 N–H and O–H groups in total. The third-order valence-electron chi connectivity index (χ3n) is 2.97. The summed E-state index contributed by atoms with van der Waals surface area (Å²) in [6, 6.07) is 11.1. The molecule has 0 nitrogen and oxygen atoms in total. The summed E-state index contributed by atoms with van der Waals surface area (Å²) in [6.45, 7) is 6.50. The highest BCUT2D eigenvalue weighted by Crippen LogP contribution is 2.33. The SMILES string of the molecule is Cc1ccc(C)c(CC(Br)c2ccc(C)s2)c1. The van der Waals surface area contributed by atoms with Crippen LogP contribution in [0.2, 0.25) is 0 Å². The Morgan fingerprint density at radius 1 is 1.12 bits per heavy atom. The van der Waals surface area contributed by atoms with Gasteiger partial charge in [-0.3, -0.25) is 0 Å².